The maximum Gasteiger partial charge on any atom is 0.451 e. The molecule has 1 fully saturated rings. The molecule has 214 valence electrons. The number of fused-ring (bicyclic) bond motifs is 1. The average Bonchev–Trinajstić information content (AvgIpc) is 3.06. The van der Waals surface area contributed by atoms with E-state index in [9.17, 15) is 46.1 Å². The van der Waals surface area contributed by atoms with Crippen molar-refractivity contribution in [2.75, 3.05) is 19.6 Å². The molecule has 0 aliphatic carbocycles. The molecule has 3 atom stereocenters. The summed E-state index contributed by atoms with van der Waals surface area (Å²) in [6.45, 7) is 6.49. The van der Waals surface area contributed by atoms with Crippen LogP contribution in [0, 0.1) is 5.92 Å². The summed E-state index contributed by atoms with van der Waals surface area (Å²) < 4.78 is 80.2. The predicted octanol–water partition coefficient (Wildman–Crippen LogP) is 3.60. The first-order chi connectivity index (χ1) is 17.3. The highest BCUT2D eigenvalue weighted by molar-refractivity contribution is 5.78. The molecule has 9 nitrogen and oxygen atoms in total. The molecule has 38 heavy (non-hydrogen) atoms. The lowest BCUT2D eigenvalue weighted by Gasteiger charge is -2.43. The smallest absolute Gasteiger partial charge is 0.451 e. The van der Waals surface area contributed by atoms with Gasteiger partial charge in [0.2, 0.25) is 11.7 Å². The highest BCUT2D eigenvalue weighted by Crippen LogP contribution is 2.37. The minimum Gasteiger partial charge on any atom is -0.465 e. The Kier molecular flexibility index (Phi) is 8.23. The number of carboxylic acid groups (broad SMARTS) is 1. The fourth-order valence-corrected chi connectivity index (χ4v) is 5.11. The van der Waals surface area contributed by atoms with Crippen molar-refractivity contribution in [3.8, 4) is 0 Å². The zero-order valence-corrected chi connectivity index (χ0v) is 21.4. The van der Waals surface area contributed by atoms with Crippen LogP contribution < -0.4 is 0 Å². The molecule has 1 aromatic heterocycles. The number of aromatic nitrogens is 2. The van der Waals surface area contributed by atoms with Gasteiger partial charge in [0.1, 0.15) is 6.23 Å². The van der Waals surface area contributed by atoms with Gasteiger partial charge in [0.05, 0.1) is 11.7 Å². The van der Waals surface area contributed by atoms with Crippen LogP contribution in [0.2, 0.25) is 0 Å². The Labute approximate surface area is 215 Å². The monoisotopic (exact) mass is 555 g/mol. The van der Waals surface area contributed by atoms with E-state index < -0.39 is 65.6 Å². The maximum absolute atomic E-state index is 13.5. The second kappa shape index (κ2) is 10.5. The number of carbonyl (C=O) groups is 2. The van der Waals surface area contributed by atoms with Crippen molar-refractivity contribution in [2.45, 2.75) is 83.7 Å². The molecule has 0 spiro atoms. The summed E-state index contributed by atoms with van der Waals surface area (Å²) in [6, 6.07) is -0.903. The van der Waals surface area contributed by atoms with Crippen LogP contribution >= 0.6 is 0 Å². The Morgan fingerprint density at radius 3 is 2.24 bits per heavy atom. The number of likely N-dealkylation sites (tertiary alicyclic amines) is 1. The second-order valence-electron chi connectivity index (χ2n) is 10.8. The molecule has 2 N–H and O–H groups in total. The molecule has 2 unspecified atom stereocenters. The molecule has 2 aliphatic heterocycles. The summed E-state index contributed by atoms with van der Waals surface area (Å²) in [4.78, 5) is 34.5. The van der Waals surface area contributed by atoms with Gasteiger partial charge in [-0.1, -0.05) is 6.92 Å². The van der Waals surface area contributed by atoms with E-state index in [1.54, 1.807) is 20.8 Å². The molecule has 0 radical (unpaired) electrons. The lowest BCUT2D eigenvalue weighted by Crippen LogP contribution is -2.57. The molecule has 15 heteroatoms. The van der Waals surface area contributed by atoms with E-state index in [2.05, 4.69) is 9.97 Å². The topological polar surface area (TPSA) is 110 Å². The number of aliphatic hydroxyl groups is 1. The summed E-state index contributed by atoms with van der Waals surface area (Å²) >= 11 is 0. The van der Waals surface area contributed by atoms with Crippen molar-refractivity contribution in [1.82, 2.24) is 24.7 Å². The lowest BCUT2D eigenvalue weighted by molar-refractivity contribution is -0.153. The van der Waals surface area contributed by atoms with E-state index in [4.69, 9.17) is 0 Å². The van der Waals surface area contributed by atoms with E-state index >= 15 is 0 Å². The molecule has 0 aromatic carbocycles. The number of carbonyl (C=O) groups excluding carboxylic acids is 1. The number of aliphatic hydroxyl groups excluding tert-OH is 1. The normalized spacial score (nSPS) is 20.9. The first-order valence-corrected chi connectivity index (χ1v) is 12.0. The Balaban J connectivity index is 1.90. The van der Waals surface area contributed by atoms with Crippen molar-refractivity contribution in [2.24, 2.45) is 5.92 Å². The summed E-state index contributed by atoms with van der Waals surface area (Å²) in [7, 11) is 0. The van der Waals surface area contributed by atoms with Crippen LogP contribution in [0.25, 0.3) is 0 Å². The van der Waals surface area contributed by atoms with Crippen LogP contribution in [0.4, 0.5) is 31.1 Å². The zero-order valence-electron chi connectivity index (χ0n) is 21.4. The van der Waals surface area contributed by atoms with Crippen molar-refractivity contribution in [3.63, 3.8) is 0 Å². The quantitative estimate of drug-likeness (QED) is 0.517. The number of nitrogens with zero attached hydrogens (tertiary/aromatic N) is 5. The highest BCUT2D eigenvalue weighted by Gasteiger charge is 2.44. The van der Waals surface area contributed by atoms with E-state index in [0.29, 0.717) is 13.0 Å². The van der Waals surface area contributed by atoms with Gasteiger partial charge in [-0.2, -0.15) is 26.3 Å². The first kappa shape index (κ1) is 29.9. The van der Waals surface area contributed by atoms with Crippen LogP contribution in [0.15, 0.2) is 0 Å². The number of alkyl halides is 6. The number of rotatable bonds is 6. The SMILES string of the molecule is CC1CC(=O)N(C[C@H](CC(O)N2CCc3c(nc(C(F)(F)F)nc3C(F)(F)F)C2)N(C(=O)O)C(C)(C)C)C1. The van der Waals surface area contributed by atoms with Crippen molar-refractivity contribution >= 4 is 12.0 Å². The van der Waals surface area contributed by atoms with E-state index in [0.717, 1.165) is 4.90 Å². The number of hydrogen-bond donors (Lipinski definition) is 2. The molecule has 1 saturated heterocycles. The van der Waals surface area contributed by atoms with Crippen LogP contribution in [0.3, 0.4) is 0 Å². The maximum atomic E-state index is 13.5. The van der Waals surface area contributed by atoms with E-state index in [1.807, 2.05) is 6.92 Å². The van der Waals surface area contributed by atoms with Crippen LogP contribution in [0.5, 0.6) is 0 Å². The van der Waals surface area contributed by atoms with Gasteiger partial charge in [0.15, 0.2) is 5.69 Å². The van der Waals surface area contributed by atoms with Crippen LogP contribution in [-0.4, -0.2) is 84.3 Å². The molecule has 0 saturated carbocycles. The molecule has 2 aliphatic rings. The average molecular weight is 556 g/mol. The minimum absolute atomic E-state index is 0.0210. The van der Waals surface area contributed by atoms with E-state index in [1.165, 1.54) is 9.80 Å². The molecular weight excluding hydrogens is 524 g/mol. The standard InChI is InChI=1S/C23H31F6N5O4/c1-12-7-16(35)33(9-12)10-13(34(20(37)38)21(2,3)4)8-17(36)32-6-5-14-15(11-32)30-19(23(27,28)29)31-18(14)22(24,25)26/h12-13,17,36H,5-11H2,1-4H3,(H,37,38)/t12?,13-,17?/m0/s1. The summed E-state index contributed by atoms with van der Waals surface area (Å²) in [5.74, 6) is -2.03. The Morgan fingerprint density at radius 2 is 1.76 bits per heavy atom. The van der Waals surface area contributed by atoms with Gasteiger partial charge >= 0.3 is 18.4 Å². The van der Waals surface area contributed by atoms with Crippen LogP contribution in [0.1, 0.15) is 63.3 Å². The lowest BCUT2D eigenvalue weighted by atomic mass is 9.98. The summed E-state index contributed by atoms with van der Waals surface area (Å²) in [5.41, 5.74) is -3.57. The molecule has 2 amide bonds. The van der Waals surface area contributed by atoms with Crippen molar-refractivity contribution in [3.05, 3.63) is 22.8 Å². The molecule has 3 heterocycles. The zero-order chi connectivity index (χ0) is 28.8. The fourth-order valence-electron chi connectivity index (χ4n) is 5.11. The third-order valence-corrected chi connectivity index (χ3v) is 6.65. The van der Waals surface area contributed by atoms with Crippen LogP contribution in [-0.2, 0) is 30.1 Å². The minimum atomic E-state index is -5.21. The Bertz CT molecular complexity index is 1060. The van der Waals surface area contributed by atoms with Gasteiger partial charge in [-0.25, -0.2) is 14.8 Å². The molecule has 1 aromatic rings. The number of halogens is 6. The van der Waals surface area contributed by atoms with Gasteiger partial charge in [0, 0.05) is 50.1 Å². The fraction of sp³-hybridized carbons (Fsp3) is 0.739. The molecular formula is C23H31F6N5O4. The number of amides is 2. The van der Waals surface area contributed by atoms with Gasteiger partial charge in [0.25, 0.3) is 0 Å². The van der Waals surface area contributed by atoms with Crippen molar-refractivity contribution in [1.29, 1.82) is 0 Å². The Morgan fingerprint density at radius 1 is 1.13 bits per heavy atom. The van der Waals surface area contributed by atoms with Crippen molar-refractivity contribution < 1.29 is 46.1 Å². The Hall–Kier alpha value is -2.68. The summed E-state index contributed by atoms with van der Waals surface area (Å²) in [6.07, 6.45) is -13.4. The second-order valence-corrected chi connectivity index (χ2v) is 10.8. The largest absolute Gasteiger partial charge is 0.465 e. The third-order valence-electron chi connectivity index (χ3n) is 6.65. The van der Waals surface area contributed by atoms with Gasteiger partial charge in [-0.3, -0.25) is 14.6 Å². The number of hydrogen-bond acceptors (Lipinski definition) is 6. The van der Waals surface area contributed by atoms with Gasteiger partial charge < -0.3 is 15.1 Å². The van der Waals surface area contributed by atoms with Gasteiger partial charge in [-0.15, -0.1) is 0 Å². The van der Waals surface area contributed by atoms with E-state index in [-0.39, 0.29) is 37.8 Å². The third kappa shape index (κ3) is 6.65. The summed E-state index contributed by atoms with van der Waals surface area (Å²) in [5, 5.41) is 21.0. The van der Waals surface area contributed by atoms with Gasteiger partial charge in [-0.05, 0) is 33.1 Å². The first-order valence-electron chi connectivity index (χ1n) is 12.0. The molecule has 0 bridgehead atoms. The predicted molar refractivity (Wildman–Crippen MR) is 121 cm³/mol. The molecule has 3 rings (SSSR count). The highest BCUT2D eigenvalue weighted by atomic mass is 19.4.